The van der Waals surface area contributed by atoms with Crippen LogP contribution in [-0.4, -0.2) is 48.3 Å². The molecule has 0 radical (unpaired) electrons. The average Bonchev–Trinajstić information content (AvgIpc) is 2.78. The highest BCUT2D eigenvalue weighted by Gasteiger charge is 2.39. The van der Waals surface area contributed by atoms with E-state index in [0.717, 1.165) is 31.2 Å². The second kappa shape index (κ2) is 4.28. The Morgan fingerprint density at radius 1 is 1.06 bits per heavy atom. The lowest BCUT2D eigenvalue weighted by Crippen LogP contribution is -2.44. The number of β-amino-alcohol motifs (C(OH)–C–C–N with tert-alkyl or cyclic N) is 1. The Labute approximate surface area is 98.2 Å². The van der Waals surface area contributed by atoms with Crippen LogP contribution in [0.4, 0.5) is 0 Å². The molecule has 3 heteroatoms. The third-order valence-electron chi connectivity index (χ3n) is 4.77. The molecule has 2 heterocycles. The highest BCUT2D eigenvalue weighted by Crippen LogP contribution is 2.32. The fourth-order valence-corrected chi connectivity index (χ4v) is 3.87. The van der Waals surface area contributed by atoms with Gasteiger partial charge in [0.1, 0.15) is 0 Å². The van der Waals surface area contributed by atoms with Crippen molar-refractivity contribution in [2.75, 3.05) is 32.7 Å². The molecule has 3 aliphatic rings. The van der Waals surface area contributed by atoms with E-state index < -0.39 is 0 Å². The molecule has 2 saturated heterocycles. The summed E-state index contributed by atoms with van der Waals surface area (Å²) in [6, 6.07) is 0. The van der Waals surface area contributed by atoms with Crippen molar-refractivity contribution >= 4 is 0 Å². The Kier molecular flexibility index (Phi) is 2.94. The van der Waals surface area contributed by atoms with Gasteiger partial charge in [-0.2, -0.15) is 0 Å². The Balaban J connectivity index is 1.55. The highest BCUT2D eigenvalue weighted by atomic mass is 16.3. The summed E-state index contributed by atoms with van der Waals surface area (Å²) in [6.45, 7) is 5.74. The molecule has 0 aromatic carbocycles. The predicted octanol–water partition coefficient (Wildman–Crippen LogP) is 0.833. The molecule has 0 bridgehead atoms. The van der Waals surface area contributed by atoms with Gasteiger partial charge in [0, 0.05) is 19.6 Å². The van der Waals surface area contributed by atoms with Gasteiger partial charge in [0.05, 0.1) is 5.60 Å². The molecule has 2 atom stereocenters. The largest absolute Gasteiger partial charge is 0.389 e. The monoisotopic (exact) mass is 224 g/mol. The lowest BCUT2D eigenvalue weighted by Gasteiger charge is -2.35. The van der Waals surface area contributed by atoms with Gasteiger partial charge in [-0.15, -0.1) is 0 Å². The summed E-state index contributed by atoms with van der Waals surface area (Å²) < 4.78 is 0. The van der Waals surface area contributed by atoms with Crippen LogP contribution >= 0.6 is 0 Å². The number of hydrogen-bond donors (Lipinski definition) is 2. The van der Waals surface area contributed by atoms with E-state index in [0.29, 0.717) is 0 Å². The number of nitrogens with zero attached hydrogens (tertiary/aromatic N) is 1. The van der Waals surface area contributed by atoms with Crippen LogP contribution in [-0.2, 0) is 0 Å². The smallest absolute Gasteiger partial charge is 0.0774 e. The lowest BCUT2D eigenvalue weighted by atomic mass is 9.84. The molecule has 3 fully saturated rings. The Morgan fingerprint density at radius 2 is 1.69 bits per heavy atom. The first kappa shape index (κ1) is 11.0. The van der Waals surface area contributed by atoms with E-state index in [9.17, 15) is 5.11 Å². The fraction of sp³-hybridized carbons (Fsp3) is 1.00. The van der Waals surface area contributed by atoms with E-state index in [-0.39, 0.29) is 5.60 Å². The first-order valence-corrected chi connectivity index (χ1v) is 6.91. The van der Waals surface area contributed by atoms with Crippen LogP contribution in [0.3, 0.4) is 0 Å². The van der Waals surface area contributed by atoms with Crippen molar-refractivity contribution in [3.8, 4) is 0 Å². The van der Waals surface area contributed by atoms with Gasteiger partial charge in [-0.25, -0.2) is 0 Å². The average molecular weight is 224 g/mol. The van der Waals surface area contributed by atoms with Crippen LogP contribution in [0.15, 0.2) is 0 Å². The molecule has 16 heavy (non-hydrogen) atoms. The molecular formula is C13H24N2O. The molecule has 3 rings (SSSR count). The molecule has 92 valence electrons. The number of fused-ring (bicyclic) bond motifs is 1. The van der Waals surface area contributed by atoms with Gasteiger partial charge in [-0.1, -0.05) is 19.3 Å². The molecule has 0 spiro atoms. The minimum absolute atomic E-state index is 0.357. The molecule has 2 N–H and O–H groups in total. The van der Waals surface area contributed by atoms with Crippen molar-refractivity contribution in [2.24, 2.45) is 11.8 Å². The maximum absolute atomic E-state index is 10.5. The summed E-state index contributed by atoms with van der Waals surface area (Å²) in [5, 5.41) is 14.0. The van der Waals surface area contributed by atoms with Crippen molar-refractivity contribution in [3.05, 3.63) is 0 Å². The molecule has 0 aromatic heterocycles. The quantitative estimate of drug-likeness (QED) is 0.729. The summed E-state index contributed by atoms with van der Waals surface area (Å²) in [6.07, 6.45) is 5.81. The highest BCUT2D eigenvalue weighted by molar-refractivity contribution is 4.94. The standard InChI is InChI=1S/C13H24N2O/c16-13(4-2-1-3-5-13)10-15-8-11-6-14-7-12(11)9-15/h11-12,14,16H,1-10H2/t11-,12+. The number of nitrogens with one attached hydrogen (secondary N) is 1. The van der Waals surface area contributed by atoms with E-state index in [1.165, 1.54) is 45.4 Å². The first-order valence-electron chi connectivity index (χ1n) is 6.91. The minimum Gasteiger partial charge on any atom is -0.389 e. The summed E-state index contributed by atoms with van der Waals surface area (Å²) in [7, 11) is 0. The maximum atomic E-state index is 10.5. The van der Waals surface area contributed by atoms with E-state index in [2.05, 4.69) is 10.2 Å². The van der Waals surface area contributed by atoms with Gasteiger partial charge in [0.25, 0.3) is 0 Å². The van der Waals surface area contributed by atoms with Crippen LogP contribution < -0.4 is 5.32 Å². The zero-order chi connectivity index (χ0) is 11.0. The van der Waals surface area contributed by atoms with Crippen LogP contribution in [0.25, 0.3) is 0 Å². The molecular weight excluding hydrogens is 200 g/mol. The normalized spacial score (nSPS) is 38.8. The van der Waals surface area contributed by atoms with Gasteiger partial charge in [-0.3, -0.25) is 4.90 Å². The van der Waals surface area contributed by atoms with E-state index in [4.69, 9.17) is 0 Å². The van der Waals surface area contributed by atoms with Crippen molar-refractivity contribution in [2.45, 2.75) is 37.7 Å². The summed E-state index contributed by atoms with van der Waals surface area (Å²) >= 11 is 0. The van der Waals surface area contributed by atoms with Crippen LogP contribution in [0, 0.1) is 11.8 Å². The lowest BCUT2D eigenvalue weighted by molar-refractivity contribution is -0.0227. The van der Waals surface area contributed by atoms with Crippen molar-refractivity contribution in [1.29, 1.82) is 0 Å². The van der Waals surface area contributed by atoms with E-state index in [1.807, 2.05) is 0 Å². The zero-order valence-electron chi connectivity index (χ0n) is 10.1. The van der Waals surface area contributed by atoms with Crippen LogP contribution in [0.5, 0.6) is 0 Å². The topological polar surface area (TPSA) is 35.5 Å². The molecule has 0 amide bonds. The molecule has 1 saturated carbocycles. The third-order valence-corrected chi connectivity index (χ3v) is 4.77. The molecule has 2 aliphatic heterocycles. The molecule has 1 aliphatic carbocycles. The minimum atomic E-state index is -0.357. The number of rotatable bonds is 2. The van der Waals surface area contributed by atoms with E-state index >= 15 is 0 Å². The number of likely N-dealkylation sites (tertiary alicyclic amines) is 1. The SMILES string of the molecule is OC1(CN2C[C@H]3CNC[C@H]3C2)CCCCC1. The predicted molar refractivity (Wildman–Crippen MR) is 64.3 cm³/mol. The molecule has 0 unspecified atom stereocenters. The summed E-state index contributed by atoms with van der Waals surface area (Å²) in [5.74, 6) is 1.71. The number of hydrogen-bond acceptors (Lipinski definition) is 3. The fourth-order valence-electron chi connectivity index (χ4n) is 3.87. The van der Waals surface area contributed by atoms with Crippen molar-refractivity contribution < 1.29 is 5.11 Å². The van der Waals surface area contributed by atoms with Gasteiger partial charge in [0.15, 0.2) is 0 Å². The van der Waals surface area contributed by atoms with Crippen LogP contribution in [0.1, 0.15) is 32.1 Å². The van der Waals surface area contributed by atoms with Gasteiger partial charge in [0.2, 0.25) is 0 Å². The van der Waals surface area contributed by atoms with Gasteiger partial charge < -0.3 is 10.4 Å². The summed E-state index contributed by atoms with van der Waals surface area (Å²) in [5.41, 5.74) is -0.357. The first-order chi connectivity index (χ1) is 7.75. The molecule has 0 aromatic rings. The second-order valence-corrected chi connectivity index (χ2v) is 6.16. The Hall–Kier alpha value is -0.120. The van der Waals surface area contributed by atoms with Gasteiger partial charge in [-0.05, 0) is 37.8 Å². The second-order valence-electron chi connectivity index (χ2n) is 6.16. The van der Waals surface area contributed by atoms with E-state index in [1.54, 1.807) is 0 Å². The Bertz CT molecular complexity index is 238. The number of aliphatic hydroxyl groups is 1. The Morgan fingerprint density at radius 3 is 2.31 bits per heavy atom. The molecule has 3 nitrogen and oxygen atoms in total. The van der Waals surface area contributed by atoms with Crippen LogP contribution in [0.2, 0.25) is 0 Å². The van der Waals surface area contributed by atoms with Crippen molar-refractivity contribution in [1.82, 2.24) is 10.2 Å². The van der Waals surface area contributed by atoms with Gasteiger partial charge >= 0.3 is 0 Å². The van der Waals surface area contributed by atoms with Crippen molar-refractivity contribution in [3.63, 3.8) is 0 Å². The zero-order valence-corrected chi connectivity index (χ0v) is 10.1. The summed E-state index contributed by atoms with van der Waals surface area (Å²) in [4.78, 5) is 2.52. The third kappa shape index (κ3) is 2.13. The maximum Gasteiger partial charge on any atom is 0.0774 e.